The molecular weight excluding hydrogens is 178 g/mol. The third kappa shape index (κ3) is 1.71. The molecular formula is C11H13NO2. The van der Waals surface area contributed by atoms with E-state index in [1.165, 1.54) is 12.5 Å². The lowest BCUT2D eigenvalue weighted by molar-refractivity contribution is 0.0914. The summed E-state index contributed by atoms with van der Waals surface area (Å²) in [6, 6.07) is 6.91. The van der Waals surface area contributed by atoms with E-state index in [0.717, 1.165) is 12.8 Å². The highest BCUT2D eigenvalue weighted by Crippen LogP contribution is 2.20. The van der Waals surface area contributed by atoms with Crippen molar-refractivity contribution in [1.82, 2.24) is 5.32 Å². The standard InChI is InChI=1S/C11H13NO2/c13-10-7-2-1-6-9(10)11(14)12-8-4-3-5-8/h1-2,6-8,13H,3-5H2,(H,12,14). The molecule has 0 heterocycles. The fourth-order valence-corrected chi connectivity index (χ4v) is 1.48. The maximum absolute atomic E-state index is 11.6. The number of hydrogen-bond acceptors (Lipinski definition) is 2. The number of para-hydroxylation sites is 1. The van der Waals surface area contributed by atoms with Crippen LogP contribution in [0.15, 0.2) is 24.3 Å². The molecule has 1 aromatic rings. The van der Waals surface area contributed by atoms with Crippen LogP contribution in [0.25, 0.3) is 0 Å². The second kappa shape index (κ2) is 3.70. The highest BCUT2D eigenvalue weighted by atomic mass is 16.3. The largest absolute Gasteiger partial charge is 0.507 e. The maximum atomic E-state index is 11.6. The van der Waals surface area contributed by atoms with Gasteiger partial charge in [-0.1, -0.05) is 12.1 Å². The zero-order valence-electron chi connectivity index (χ0n) is 7.86. The number of carbonyl (C=O) groups excluding carboxylic acids is 1. The monoisotopic (exact) mass is 191 g/mol. The number of benzene rings is 1. The number of amides is 1. The van der Waals surface area contributed by atoms with E-state index in [9.17, 15) is 9.90 Å². The lowest BCUT2D eigenvalue weighted by Crippen LogP contribution is -2.39. The zero-order chi connectivity index (χ0) is 9.97. The van der Waals surface area contributed by atoms with Crippen molar-refractivity contribution in [1.29, 1.82) is 0 Å². The van der Waals surface area contributed by atoms with Gasteiger partial charge in [0.1, 0.15) is 5.75 Å². The van der Waals surface area contributed by atoms with Crippen molar-refractivity contribution in [2.45, 2.75) is 25.3 Å². The molecule has 14 heavy (non-hydrogen) atoms. The van der Waals surface area contributed by atoms with Gasteiger partial charge < -0.3 is 10.4 Å². The maximum Gasteiger partial charge on any atom is 0.255 e. The van der Waals surface area contributed by atoms with Crippen molar-refractivity contribution >= 4 is 5.91 Å². The Bertz CT molecular complexity index is 345. The van der Waals surface area contributed by atoms with E-state index in [4.69, 9.17) is 0 Å². The number of hydrogen-bond donors (Lipinski definition) is 2. The van der Waals surface area contributed by atoms with Gasteiger partial charge in [0.05, 0.1) is 5.56 Å². The minimum Gasteiger partial charge on any atom is -0.507 e. The Morgan fingerprint density at radius 2 is 2.07 bits per heavy atom. The average Bonchev–Trinajstić information content (AvgIpc) is 2.12. The molecule has 3 heteroatoms. The summed E-state index contributed by atoms with van der Waals surface area (Å²) in [4.78, 5) is 11.6. The predicted molar refractivity (Wildman–Crippen MR) is 53.2 cm³/mol. The summed E-state index contributed by atoms with van der Waals surface area (Å²) in [5, 5.41) is 12.3. The van der Waals surface area contributed by atoms with Crippen LogP contribution in [-0.2, 0) is 0 Å². The summed E-state index contributed by atoms with van der Waals surface area (Å²) in [6.45, 7) is 0. The van der Waals surface area contributed by atoms with Crippen molar-refractivity contribution in [3.63, 3.8) is 0 Å². The first-order valence-electron chi connectivity index (χ1n) is 4.86. The summed E-state index contributed by atoms with van der Waals surface area (Å²) in [7, 11) is 0. The molecule has 74 valence electrons. The van der Waals surface area contributed by atoms with Gasteiger partial charge >= 0.3 is 0 Å². The second-order valence-electron chi connectivity index (χ2n) is 3.62. The van der Waals surface area contributed by atoms with Gasteiger partial charge in [0.25, 0.3) is 5.91 Å². The molecule has 2 rings (SSSR count). The fourth-order valence-electron chi connectivity index (χ4n) is 1.48. The number of phenols is 1. The lowest BCUT2D eigenvalue weighted by atomic mass is 9.93. The molecule has 1 saturated carbocycles. The number of aromatic hydroxyl groups is 1. The Morgan fingerprint density at radius 1 is 1.36 bits per heavy atom. The van der Waals surface area contributed by atoms with Gasteiger partial charge in [-0.2, -0.15) is 0 Å². The van der Waals surface area contributed by atoms with E-state index in [1.54, 1.807) is 18.2 Å². The van der Waals surface area contributed by atoms with Crippen LogP contribution in [0.5, 0.6) is 5.75 Å². The summed E-state index contributed by atoms with van der Waals surface area (Å²) in [5.74, 6) is -0.128. The van der Waals surface area contributed by atoms with Crippen LogP contribution < -0.4 is 5.32 Å². The number of rotatable bonds is 2. The molecule has 1 amide bonds. The van der Waals surface area contributed by atoms with Crippen LogP contribution in [-0.4, -0.2) is 17.1 Å². The smallest absolute Gasteiger partial charge is 0.255 e. The van der Waals surface area contributed by atoms with Gasteiger partial charge in [-0.05, 0) is 31.4 Å². The Labute approximate surface area is 82.8 Å². The molecule has 0 atom stereocenters. The van der Waals surface area contributed by atoms with Crippen molar-refractivity contribution in [2.24, 2.45) is 0 Å². The summed E-state index contributed by atoms with van der Waals surface area (Å²) in [6.07, 6.45) is 3.30. The molecule has 3 nitrogen and oxygen atoms in total. The van der Waals surface area contributed by atoms with Crippen molar-refractivity contribution in [3.05, 3.63) is 29.8 Å². The van der Waals surface area contributed by atoms with Crippen molar-refractivity contribution < 1.29 is 9.90 Å². The molecule has 1 fully saturated rings. The van der Waals surface area contributed by atoms with Gasteiger partial charge in [-0.15, -0.1) is 0 Å². The first-order chi connectivity index (χ1) is 6.77. The van der Waals surface area contributed by atoms with Crippen molar-refractivity contribution in [3.8, 4) is 5.75 Å². The minimum atomic E-state index is -0.173. The Morgan fingerprint density at radius 3 is 2.64 bits per heavy atom. The minimum absolute atomic E-state index is 0.0457. The molecule has 0 saturated heterocycles. The van der Waals surface area contributed by atoms with Gasteiger partial charge in [0.2, 0.25) is 0 Å². The molecule has 2 N–H and O–H groups in total. The quantitative estimate of drug-likeness (QED) is 0.747. The van der Waals surface area contributed by atoms with E-state index in [2.05, 4.69) is 5.32 Å². The summed E-state index contributed by atoms with van der Waals surface area (Å²) < 4.78 is 0. The molecule has 0 spiro atoms. The van der Waals surface area contributed by atoms with E-state index < -0.39 is 0 Å². The Kier molecular flexibility index (Phi) is 2.39. The zero-order valence-corrected chi connectivity index (χ0v) is 7.86. The van der Waals surface area contributed by atoms with Crippen molar-refractivity contribution in [2.75, 3.05) is 0 Å². The third-order valence-electron chi connectivity index (χ3n) is 2.59. The number of carbonyl (C=O) groups is 1. The molecule has 0 aromatic heterocycles. The first kappa shape index (κ1) is 9.06. The van der Waals surface area contributed by atoms with E-state index in [-0.39, 0.29) is 11.7 Å². The van der Waals surface area contributed by atoms with Crippen LogP contribution in [0.4, 0.5) is 0 Å². The van der Waals surface area contributed by atoms with E-state index >= 15 is 0 Å². The molecule has 0 bridgehead atoms. The molecule has 1 aromatic carbocycles. The number of nitrogens with one attached hydrogen (secondary N) is 1. The van der Waals surface area contributed by atoms with Crippen LogP contribution in [0.3, 0.4) is 0 Å². The Hall–Kier alpha value is -1.51. The molecule has 1 aliphatic rings. The molecule has 1 aliphatic carbocycles. The van der Waals surface area contributed by atoms with Gasteiger partial charge in [-0.3, -0.25) is 4.79 Å². The highest BCUT2D eigenvalue weighted by molar-refractivity contribution is 5.96. The molecule has 0 radical (unpaired) electrons. The van der Waals surface area contributed by atoms with E-state index in [1.807, 2.05) is 0 Å². The SMILES string of the molecule is O=C(NC1CCC1)c1ccccc1O. The molecule has 0 aliphatic heterocycles. The van der Waals surface area contributed by atoms with Crippen LogP contribution >= 0.6 is 0 Å². The fraction of sp³-hybridized carbons (Fsp3) is 0.364. The summed E-state index contributed by atoms with van der Waals surface area (Å²) in [5.41, 5.74) is 0.361. The average molecular weight is 191 g/mol. The summed E-state index contributed by atoms with van der Waals surface area (Å²) >= 11 is 0. The normalized spacial score (nSPS) is 16.0. The van der Waals surface area contributed by atoms with Crippen LogP contribution in [0.1, 0.15) is 29.6 Å². The first-order valence-corrected chi connectivity index (χ1v) is 4.86. The van der Waals surface area contributed by atoms with Crippen LogP contribution in [0, 0.1) is 0 Å². The molecule has 0 unspecified atom stereocenters. The third-order valence-corrected chi connectivity index (χ3v) is 2.59. The second-order valence-corrected chi connectivity index (χ2v) is 3.62. The van der Waals surface area contributed by atoms with E-state index in [0.29, 0.717) is 11.6 Å². The topological polar surface area (TPSA) is 49.3 Å². The number of phenolic OH excluding ortho intramolecular Hbond substituents is 1. The predicted octanol–water partition coefficient (Wildman–Crippen LogP) is 1.67. The highest BCUT2D eigenvalue weighted by Gasteiger charge is 2.20. The van der Waals surface area contributed by atoms with Gasteiger partial charge in [0.15, 0.2) is 0 Å². The van der Waals surface area contributed by atoms with Gasteiger partial charge in [-0.25, -0.2) is 0 Å². The lowest BCUT2D eigenvalue weighted by Gasteiger charge is -2.26. The van der Waals surface area contributed by atoms with Crippen LogP contribution in [0.2, 0.25) is 0 Å². The van der Waals surface area contributed by atoms with Gasteiger partial charge in [0, 0.05) is 6.04 Å². The Balaban J connectivity index is 2.06.